The average molecular weight is 701 g/mol. The lowest BCUT2D eigenvalue weighted by Crippen LogP contribution is -2.50. The van der Waals surface area contributed by atoms with Crippen molar-refractivity contribution in [1.82, 2.24) is 30.8 Å². The fourth-order valence-corrected chi connectivity index (χ4v) is 5.94. The molecule has 1 saturated carbocycles. The van der Waals surface area contributed by atoms with Crippen molar-refractivity contribution in [1.29, 1.82) is 0 Å². The van der Waals surface area contributed by atoms with Gasteiger partial charge in [0.25, 0.3) is 11.8 Å². The molecule has 1 aliphatic carbocycles. The van der Waals surface area contributed by atoms with Gasteiger partial charge >= 0.3 is 6.18 Å². The fraction of sp³-hybridized carbons (Fsp3) is 0.344. The SMILES string of the molecule is CN(C(=O)c1n[nH]c(C(F)(F)F)c1Cl)c1ccc(OC2CNC2)cc1.O=C(Nc1ccc(SC2CNC2)cc1)c1cnc(C2CC2)nc1. The highest BCUT2D eigenvalue weighted by atomic mass is 35.5. The summed E-state index contributed by atoms with van der Waals surface area (Å²) in [6, 6.07) is 14.6. The number of thioether (sulfide) groups is 1. The molecule has 3 aliphatic rings. The van der Waals surface area contributed by atoms with Crippen molar-refractivity contribution >= 4 is 46.6 Å². The van der Waals surface area contributed by atoms with E-state index in [1.54, 1.807) is 41.8 Å². The highest BCUT2D eigenvalue weighted by Crippen LogP contribution is 2.38. The van der Waals surface area contributed by atoms with Gasteiger partial charge in [-0.05, 0) is 61.4 Å². The Morgan fingerprint density at radius 3 is 2.15 bits per heavy atom. The number of aromatic amines is 1. The van der Waals surface area contributed by atoms with Gasteiger partial charge in [-0.15, -0.1) is 11.8 Å². The molecule has 252 valence electrons. The van der Waals surface area contributed by atoms with E-state index in [1.165, 1.54) is 11.9 Å². The Bertz CT molecular complexity index is 1730. The van der Waals surface area contributed by atoms with Gasteiger partial charge in [-0.1, -0.05) is 11.6 Å². The number of halogens is 4. The molecule has 4 N–H and O–H groups in total. The summed E-state index contributed by atoms with van der Waals surface area (Å²) in [5.41, 5.74) is 0.0172. The number of hydrogen-bond acceptors (Lipinski definition) is 9. The smallest absolute Gasteiger partial charge is 0.434 e. The standard InChI is InChI=1S/C17H18N4OS.C15H14ClF3N4O2/c22-17(12-7-19-16(20-8-12)11-1-2-11)21-13-3-5-14(6-4-13)23-15-9-18-10-15;1-23(8-2-4-9(5-3-8)25-10-6-20-7-10)14(24)12-11(16)13(22-21-12)15(17,18)19/h3-8,11,15,18H,1-2,9-10H2,(H,21,22);2-5,10,20H,6-7H2,1H3,(H,21,22). The lowest BCUT2D eigenvalue weighted by Gasteiger charge is -2.28. The van der Waals surface area contributed by atoms with Crippen LogP contribution < -0.4 is 25.6 Å². The number of nitrogens with one attached hydrogen (secondary N) is 4. The molecular formula is C32H32ClF3N8O3S. The molecule has 2 aliphatic heterocycles. The fourth-order valence-electron chi connectivity index (χ4n) is 4.59. The minimum Gasteiger partial charge on any atom is -0.488 e. The van der Waals surface area contributed by atoms with E-state index in [2.05, 4.69) is 31.0 Å². The minimum atomic E-state index is -4.71. The molecule has 2 aromatic carbocycles. The summed E-state index contributed by atoms with van der Waals surface area (Å²) in [7, 11) is 1.42. The van der Waals surface area contributed by atoms with E-state index in [-0.39, 0.29) is 12.0 Å². The van der Waals surface area contributed by atoms with Gasteiger partial charge in [0, 0.05) is 73.1 Å². The van der Waals surface area contributed by atoms with Gasteiger partial charge < -0.3 is 25.6 Å². The number of aromatic nitrogens is 4. The third-order valence-corrected chi connectivity index (χ3v) is 9.38. The van der Waals surface area contributed by atoms with Crippen LogP contribution in [0.5, 0.6) is 5.75 Å². The Labute approximate surface area is 283 Å². The maximum absolute atomic E-state index is 12.7. The summed E-state index contributed by atoms with van der Waals surface area (Å²) in [6.45, 7) is 3.69. The molecule has 2 amide bonds. The highest BCUT2D eigenvalue weighted by molar-refractivity contribution is 8.00. The molecule has 2 aromatic heterocycles. The summed E-state index contributed by atoms with van der Waals surface area (Å²) in [4.78, 5) is 35.6. The summed E-state index contributed by atoms with van der Waals surface area (Å²) in [6.07, 6.45) is 0.956. The van der Waals surface area contributed by atoms with Crippen LogP contribution in [0.15, 0.2) is 65.8 Å². The Hall–Kier alpha value is -4.18. The second kappa shape index (κ2) is 14.5. The molecule has 0 bridgehead atoms. The first kappa shape index (κ1) is 33.7. The Kier molecular flexibility index (Phi) is 10.2. The molecule has 3 fully saturated rings. The molecule has 4 aromatic rings. The number of hydrogen-bond donors (Lipinski definition) is 4. The molecule has 4 heterocycles. The van der Waals surface area contributed by atoms with E-state index in [0.29, 0.717) is 28.2 Å². The number of benzene rings is 2. The largest absolute Gasteiger partial charge is 0.488 e. The van der Waals surface area contributed by atoms with E-state index >= 15 is 0 Å². The van der Waals surface area contributed by atoms with Crippen LogP contribution in [0, 0.1) is 0 Å². The Morgan fingerprint density at radius 1 is 0.979 bits per heavy atom. The maximum Gasteiger partial charge on any atom is 0.434 e. The predicted molar refractivity (Wildman–Crippen MR) is 176 cm³/mol. The van der Waals surface area contributed by atoms with Crippen LogP contribution in [0.4, 0.5) is 24.5 Å². The third kappa shape index (κ3) is 8.27. The van der Waals surface area contributed by atoms with Crippen LogP contribution in [-0.4, -0.2) is 76.6 Å². The molecule has 7 rings (SSSR count). The van der Waals surface area contributed by atoms with E-state index in [4.69, 9.17) is 16.3 Å². The van der Waals surface area contributed by atoms with Gasteiger partial charge in [-0.2, -0.15) is 18.3 Å². The van der Waals surface area contributed by atoms with Crippen LogP contribution in [0.1, 0.15) is 51.1 Å². The lowest BCUT2D eigenvalue weighted by molar-refractivity contribution is -0.141. The van der Waals surface area contributed by atoms with E-state index in [9.17, 15) is 22.8 Å². The van der Waals surface area contributed by atoms with Crippen LogP contribution in [0.3, 0.4) is 0 Å². The van der Waals surface area contributed by atoms with Crippen molar-refractivity contribution in [3.8, 4) is 5.75 Å². The zero-order valence-electron chi connectivity index (χ0n) is 25.7. The molecule has 16 heteroatoms. The number of alkyl halides is 3. The van der Waals surface area contributed by atoms with Crippen LogP contribution in [-0.2, 0) is 6.18 Å². The van der Waals surface area contributed by atoms with Gasteiger partial charge in [0.2, 0.25) is 0 Å². The molecule has 48 heavy (non-hydrogen) atoms. The molecule has 11 nitrogen and oxygen atoms in total. The van der Waals surface area contributed by atoms with Crippen molar-refractivity contribution in [3.05, 3.63) is 88.7 Å². The first-order chi connectivity index (χ1) is 23.0. The van der Waals surface area contributed by atoms with Gasteiger partial charge in [-0.25, -0.2) is 9.97 Å². The normalized spacial score (nSPS) is 16.2. The number of nitrogens with zero attached hydrogens (tertiary/aromatic N) is 4. The molecule has 0 radical (unpaired) electrons. The maximum atomic E-state index is 12.7. The second-order valence-electron chi connectivity index (χ2n) is 11.5. The number of H-pyrrole nitrogens is 1. The first-order valence-corrected chi connectivity index (χ1v) is 16.5. The van der Waals surface area contributed by atoms with Crippen molar-refractivity contribution in [2.75, 3.05) is 43.4 Å². The van der Waals surface area contributed by atoms with E-state index in [0.717, 1.165) is 55.4 Å². The molecule has 0 atom stereocenters. The zero-order valence-corrected chi connectivity index (χ0v) is 27.3. The quantitative estimate of drug-likeness (QED) is 0.181. The summed E-state index contributed by atoms with van der Waals surface area (Å²) < 4.78 is 43.9. The average Bonchev–Trinajstić information content (AvgIpc) is 3.81. The van der Waals surface area contributed by atoms with Gasteiger partial charge in [0.1, 0.15) is 22.7 Å². The van der Waals surface area contributed by atoms with Gasteiger partial charge in [-0.3, -0.25) is 14.7 Å². The number of anilines is 2. The van der Waals surface area contributed by atoms with Crippen molar-refractivity contribution < 1.29 is 27.5 Å². The van der Waals surface area contributed by atoms with Crippen molar-refractivity contribution in [2.24, 2.45) is 0 Å². The number of carbonyl (C=O) groups is 2. The Morgan fingerprint density at radius 2 is 1.62 bits per heavy atom. The predicted octanol–water partition coefficient (Wildman–Crippen LogP) is 5.38. The first-order valence-electron chi connectivity index (χ1n) is 15.2. The number of ether oxygens (including phenoxy) is 1. The van der Waals surface area contributed by atoms with Gasteiger partial charge in [0.05, 0.1) is 5.56 Å². The molecule has 0 unspecified atom stereocenters. The lowest BCUT2D eigenvalue weighted by atomic mass is 10.2. The topological polar surface area (TPSA) is 137 Å². The summed E-state index contributed by atoms with van der Waals surface area (Å²) >= 11 is 7.52. The highest BCUT2D eigenvalue weighted by Gasteiger charge is 2.38. The molecular weight excluding hydrogens is 669 g/mol. The van der Waals surface area contributed by atoms with Crippen LogP contribution >= 0.6 is 23.4 Å². The van der Waals surface area contributed by atoms with E-state index in [1.807, 2.05) is 36.0 Å². The minimum absolute atomic E-state index is 0.119. The monoisotopic (exact) mass is 700 g/mol. The molecule has 0 spiro atoms. The van der Waals surface area contributed by atoms with Crippen molar-refractivity contribution in [2.45, 2.75) is 41.2 Å². The second-order valence-corrected chi connectivity index (χ2v) is 13.2. The summed E-state index contributed by atoms with van der Waals surface area (Å²) in [5.74, 6) is 1.08. The van der Waals surface area contributed by atoms with Gasteiger partial charge in [0.15, 0.2) is 11.4 Å². The van der Waals surface area contributed by atoms with Crippen LogP contribution in [0.25, 0.3) is 0 Å². The third-order valence-electron chi connectivity index (χ3n) is 7.80. The number of rotatable bonds is 9. The summed E-state index contributed by atoms with van der Waals surface area (Å²) in [5, 5.41) is 14.3. The number of amides is 2. The Balaban J connectivity index is 0.000000168. The van der Waals surface area contributed by atoms with Crippen molar-refractivity contribution in [3.63, 3.8) is 0 Å². The number of carbonyl (C=O) groups excluding carboxylic acids is 2. The van der Waals surface area contributed by atoms with Crippen LogP contribution in [0.2, 0.25) is 5.02 Å². The zero-order chi connectivity index (χ0) is 33.8. The molecule has 2 saturated heterocycles. The van der Waals surface area contributed by atoms with E-state index < -0.39 is 28.5 Å².